The molecule has 3 heterocycles. The number of pyridine rings is 1. The number of nitrogens with zero attached hydrogens (tertiary/aromatic N) is 1. The van der Waals surface area contributed by atoms with Crippen molar-refractivity contribution in [2.24, 2.45) is 5.92 Å². The Labute approximate surface area is 231 Å². The number of H-pyrrole nitrogens is 1. The minimum atomic E-state index is -1.34. The van der Waals surface area contributed by atoms with Crippen molar-refractivity contribution in [1.82, 2.24) is 20.5 Å². The summed E-state index contributed by atoms with van der Waals surface area (Å²) in [5, 5.41) is 13.4. The lowest BCUT2D eigenvalue weighted by Crippen LogP contribution is -2.61. The highest BCUT2D eigenvalue weighted by Crippen LogP contribution is 2.45. The lowest BCUT2D eigenvalue weighted by molar-refractivity contribution is -0.151. The summed E-state index contributed by atoms with van der Waals surface area (Å²) >= 11 is 2.06. The molecule has 0 spiro atoms. The lowest BCUT2D eigenvalue weighted by atomic mass is 9.97. The fraction of sp³-hybridized carbons (Fsp3) is 0.308. The van der Waals surface area contributed by atoms with Crippen LogP contribution in [0.3, 0.4) is 0 Å². The average molecular weight is 571 g/mol. The van der Waals surface area contributed by atoms with Gasteiger partial charge in [0.05, 0.1) is 11.3 Å². The number of fused-ring (bicyclic) bond motifs is 1. The molecule has 1 aromatic carbocycles. The SMILES string of the molecule is CC(=O)SC(NC(=O)C(NC(=O)c1c[nH]c(C)cc1=O)c1ccccc1)C1=C(C(=O)O)N2C(=O)[C@H](C)[C@H]2SC1. The number of benzene rings is 1. The first kappa shape index (κ1) is 28.2. The second kappa shape index (κ2) is 11.5. The van der Waals surface area contributed by atoms with E-state index in [2.05, 4.69) is 15.6 Å². The summed E-state index contributed by atoms with van der Waals surface area (Å²) in [6.45, 7) is 4.66. The largest absolute Gasteiger partial charge is 0.477 e. The van der Waals surface area contributed by atoms with Crippen molar-refractivity contribution in [1.29, 1.82) is 0 Å². The zero-order chi connectivity index (χ0) is 28.4. The maximum absolute atomic E-state index is 13.6. The van der Waals surface area contributed by atoms with Crippen molar-refractivity contribution < 1.29 is 29.1 Å². The van der Waals surface area contributed by atoms with Gasteiger partial charge in [-0.1, -0.05) is 49.0 Å². The van der Waals surface area contributed by atoms with E-state index in [1.807, 2.05) is 0 Å². The van der Waals surface area contributed by atoms with E-state index in [4.69, 9.17) is 0 Å². The van der Waals surface area contributed by atoms with Crippen molar-refractivity contribution in [3.8, 4) is 0 Å². The number of aryl methyl sites for hydroxylation is 1. The molecule has 4 rings (SSSR count). The summed E-state index contributed by atoms with van der Waals surface area (Å²) < 4.78 is 0. The predicted octanol–water partition coefficient (Wildman–Crippen LogP) is 1.77. The van der Waals surface area contributed by atoms with Crippen LogP contribution in [-0.4, -0.2) is 60.3 Å². The maximum Gasteiger partial charge on any atom is 0.352 e. The van der Waals surface area contributed by atoms with Gasteiger partial charge in [-0.2, -0.15) is 0 Å². The van der Waals surface area contributed by atoms with E-state index in [1.165, 1.54) is 35.8 Å². The predicted molar refractivity (Wildman–Crippen MR) is 146 cm³/mol. The molecule has 1 aromatic heterocycles. The van der Waals surface area contributed by atoms with Gasteiger partial charge in [-0.3, -0.25) is 28.9 Å². The molecule has 2 unspecified atom stereocenters. The summed E-state index contributed by atoms with van der Waals surface area (Å²) in [6.07, 6.45) is 1.26. The number of thioether (sulfide) groups is 2. The Balaban J connectivity index is 1.68. The number of β-lactam (4-membered cyclic amide) rings is 1. The van der Waals surface area contributed by atoms with E-state index < -0.39 is 34.6 Å². The van der Waals surface area contributed by atoms with Gasteiger partial charge in [-0.15, -0.1) is 11.8 Å². The zero-order valence-corrected chi connectivity index (χ0v) is 22.9. The van der Waals surface area contributed by atoms with E-state index in [1.54, 1.807) is 44.2 Å². The third-order valence-corrected chi connectivity index (χ3v) is 8.72. The van der Waals surface area contributed by atoms with E-state index in [9.17, 15) is 33.9 Å². The Hall–Kier alpha value is -3.84. The highest BCUT2D eigenvalue weighted by molar-refractivity contribution is 8.14. The molecular weight excluding hydrogens is 544 g/mol. The lowest BCUT2D eigenvalue weighted by Gasteiger charge is -2.49. The van der Waals surface area contributed by atoms with Crippen LogP contribution in [0.2, 0.25) is 0 Å². The van der Waals surface area contributed by atoms with Gasteiger partial charge in [0, 0.05) is 36.2 Å². The molecule has 2 aromatic rings. The van der Waals surface area contributed by atoms with E-state index in [-0.39, 0.29) is 44.9 Å². The fourth-order valence-electron chi connectivity index (χ4n) is 4.37. The van der Waals surface area contributed by atoms with E-state index in [0.717, 1.165) is 0 Å². The Kier molecular flexibility index (Phi) is 8.31. The molecule has 11 nitrogen and oxygen atoms in total. The van der Waals surface area contributed by atoms with Crippen LogP contribution >= 0.6 is 23.5 Å². The number of rotatable bonds is 8. The Morgan fingerprint density at radius 2 is 1.85 bits per heavy atom. The van der Waals surface area contributed by atoms with Crippen LogP contribution in [0.25, 0.3) is 0 Å². The number of hydrogen-bond acceptors (Lipinski definition) is 8. The van der Waals surface area contributed by atoms with E-state index in [0.29, 0.717) is 23.0 Å². The van der Waals surface area contributed by atoms with Crippen molar-refractivity contribution in [3.05, 3.63) is 80.9 Å². The minimum absolute atomic E-state index is 0.173. The summed E-state index contributed by atoms with van der Waals surface area (Å²) in [5.74, 6) is -3.39. The summed E-state index contributed by atoms with van der Waals surface area (Å²) in [4.78, 5) is 79.9. The van der Waals surface area contributed by atoms with Crippen LogP contribution in [0.5, 0.6) is 0 Å². The van der Waals surface area contributed by atoms with Gasteiger partial charge < -0.3 is 20.7 Å². The molecule has 4 N–H and O–H groups in total. The summed E-state index contributed by atoms with van der Waals surface area (Å²) in [6, 6.07) is 8.27. The number of carbonyl (C=O) groups excluding carboxylic acids is 4. The van der Waals surface area contributed by atoms with Crippen LogP contribution in [0.15, 0.2) is 58.7 Å². The Morgan fingerprint density at radius 1 is 1.15 bits per heavy atom. The molecule has 39 heavy (non-hydrogen) atoms. The highest BCUT2D eigenvalue weighted by atomic mass is 32.2. The van der Waals surface area contributed by atoms with Gasteiger partial charge in [0.15, 0.2) is 10.5 Å². The molecule has 4 atom stereocenters. The van der Waals surface area contributed by atoms with Crippen LogP contribution in [0.4, 0.5) is 0 Å². The van der Waals surface area contributed by atoms with Crippen molar-refractivity contribution >= 4 is 52.3 Å². The molecule has 2 aliphatic rings. The summed E-state index contributed by atoms with van der Waals surface area (Å²) in [5.41, 5.74) is 0.177. The van der Waals surface area contributed by atoms with E-state index >= 15 is 0 Å². The number of aromatic amines is 1. The van der Waals surface area contributed by atoms with Crippen LogP contribution in [0, 0.1) is 12.8 Å². The number of carboxylic acid groups (broad SMARTS) is 1. The van der Waals surface area contributed by atoms with Crippen molar-refractivity contribution in [2.45, 2.75) is 37.6 Å². The smallest absolute Gasteiger partial charge is 0.352 e. The Morgan fingerprint density at radius 3 is 2.46 bits per heavy atom. The molecular formula is C26H26N4O7S2. The number of carbonyl (C=O) groups is 5. The van der Waals surface area contributed by atoms with Crippen LogP contribution < -0.4 is 16.1 Å². The first-order chi connectivity index (χ1) is 18.5. The van der Waals surface area contributed by atoms with Crippen LogP contribution in [0.1, 0.15) is 41.5 Å². The van der Waals surface area contributed by atoms with Gasteiger partial charge in [-0.05, 0) is 12.5 Å². The maximum atomic E-state index is 13.6. The third-order valence-electron chi connectivity index (χ3n) is 6.31. The molecule has 0 aliphatic carbocycles. The van der Waals surface area contributed by atoms with Gasteiger partial charge in [0.1, 0.15) is 22.7 Å². The van der Waals surface area contributed by atoms with Gasteiger partial charge in [-0.25, -0.2) is 4.79 Å². The third kappa shape index (κ3) is 5.78. The highest BCUT2D eigenvalue weighted by Gasteiger charge is 2.52. The molecule has 204 valence electrons. The number of aromatic nitrogens is 1. The second-order valence-corrected chi connectivity index (χ2v) is 11.5. The first-order valence-electron chi connectivity index (χ1n) is 11.9. The number of nitrogens with one attached hydrogen (secondary N) is 3. The number of carboxylic acids is 1. The molecule has 1 saturated heterocycles. The molecule has 0 saturated carbocycles. The molecule has 3 amide bonds. The minimum Gasteiger partial charge on any atom is -0.477 e. The van der Waals surface area contributed by atoms with Gasteiger partial charge in [0.2, 0.25) is 11.8 Å². The monoisotopic (exact) mass is 570 g/mol. The molecule has 0 bridgehead atoms. The normalized spacial score (nSPS) is 19.9. The quantitative estimate of drug-likeness (QED) is 0.273. The zero-order valence-electron chi connectivity index (χ0n) is 21.2. The molecule has 1 fully saturated rings. The molecule has 0 radical (unpaired) electrons. The van der Waals surface area contributed by atoms with Crippen LogP contribution in [-0.2, 0) is 19.2 Å². The molecule has 13 heteroatoms. The summed E-state index contributed by atoms with van der Waals surface area (Å²) in [7, 11) is 0. The number of aliphatic carboxylic acids is 1. The van der Waals surface area contributed by atoms with Gasteiger partial charge >= 0.3 is 5.97 Å². The second-order valence-electron chi connectivity index (χ2n) is 9.09. The number of hydrogen-bond donors (Lipinski definition) is 4. The van der Waals surface area contributed by atoms with Crippen molar-refractivity contribution in [2.75, 3.05) is 5.75 Å². The van der Waals surface area contributed by atoms with Crippen molar-refractivity contribution in [3.63, 3.8) is 0 Å². The standard InChI is InChI=1S/C26H26N4O7S2/c1-12-9-18(32)16(10-27-12)21(33)28-19(15-7-5-4-6-8-15)22(34)29-23(39-14(3)31)17-11-38-25-13(2)24(35)30(25)20(17)26(36)37/h4-10,13,19,23,25H,11H2,1-3H3,(H,27,32)(H,28,33)(H,29,34)(H,36,37)/t13-,19?,23?,25+/m0/s1. The fourth-order valence-corrected chi connectivity index (χ4v) is 6.74. The average Bonchev–Trinajstić information content (AvgIpc) is 2.89. The molecule has 2 aliphatic heterocycles. The Bertz CT molecular complexity index is 1440. The first-order valence-corrected chi connectivity index (χ1v) is 13.9. The number of amides is 3. The topological polar surface area (TPSA) is 166 Å². The van der Waals surface area contributed by atoms with Gasteiger partial charge in [0.25, 0.3) is 5.91 Å².